The first-order valence-corrected chi connectivity index (χ1v) is 27.7. The Labute approximate surface area is 385 Å². The molecule has 0 aromatic heterocycles. The average molecular weight is 896 g/mol. The predicted octanol–water partition coefficient (Wildman–Crippen LogP) is 15.5. The maximum atomic E-state index is 12.7. The van der Waals surface area contributed by atoms with Crippen LogP contribution in [0.4, 0.5) is 0 Å². The van der Waals surface area contributed by atoms with E-state index in [2.05, 4.69) is 50.3 Å². The second kappa shape index (κ2) is 46.3. The minimum atomic E-state index is -4.53. The number of phosphoric ester groups is 1. The summed E-state index contributed by atoms with van der Waals surface area (Å²) in [5, 5.41) is 0. The molecule has 0 fully saturated rings. The number of phosphoric acid groups is 1. The largest absolute Gasteiger partial charge is 0.756 e. The van der Waals surface area contributed by atoms with E-state index < -0.39 is 13.9 Å². The van der Waals surface area contributed by atoms with E-state index in [0.29, 0.717) is 24.1 Å². The zero-order valence-corrected chi connectivity index (χ0v) is 42.5. The Morgan fingerprint density at radius 1 is 0.500 bits per heavy atom. The van der Waals surface area contributed by atoms with Gasteiger partial charge in [-0.2, -0.15) is 0 Å². The van der Waals surface area contributed by atoms with Crippen molar-refractivity contribution in [2.45, 2.75) is 245 Å². The molecule has 0 aliphatic heterocycles. The number of nitrogens with zero attached hydrogens (tertiary/aromatic N) is 1. The molecule has 0 rings (SSSR count). The third-order valence-electron chi connectivity index (χ3n) is 11.4. The highest BCUT2D eigenvalue weighted by Gasteiger charge is 2.20. The Balaban J connectivity index is 4.13. The Morgan fingerprint density at radius 3 is 1.34 bits per heavy atom. The van der Waals surface area contributed by atoms with Gasteiger partial charge in [0.25, 0.3) is 7.82 Å². The van der Waals surface area contributed by atoms with Crippen LogP contribution in [0.2, 0.25) is 0 Å². The fourth-order valence-electron chi connectivity index (χ4n) is 7.34. The molecule has 0 saturated carbocycles. The molecule has 62 heavy (non-hydrogen) atoms. The number of rotatable bonds is 49. The van der Waals surface area contributed by atoms with Crippen LogP contribution in [0.15, 0.2) is 36.5 Å². The third kappa shape index (κ3) is 49.7. The maximum absolute atomic E-state index is 12.7. The molecule has 366 valence electrons. The van der Waals surface area contributed by atoms with Crippen molar-refractivity contribution in [2.75, 3.05) is 54.1 Å². The second-order valence-corrected chi connectivity index (χ2v) is 20.3. The van der Waals surface area contributed by atoms with Crippen LogP contribution in [0.5, 0.6) is 0 Å². The normalized spacial score (nSPS) is 13.8. The Bertz CT molecular complexity index is 1090. The monoisotopic (exact) mass is 896 g/mol. The van der Waals surface area contributed by atoms with E-state index >= 15 is 0 Å². The van der Waals surface area contributed by atoms with Crippen LogP contribution in [0, 0.1) is 0 Å². The summed E-state index contributed by atoms with van der Waals surface area (Å²) in [5.74, 6) is -0.340. The number of allylic oxidation sites excluding steroid dienone is 6. The van der Waals surface area contributed by atoms with Crippen molar-refractivity contribution in [1.29, 1.82) is 0 Å². The van der Waals surface area contributed by atoms with Gasteiger partial charge >= 0.3 is 5.97 Å². The summed E-state index contributed by atoms with van der Waals surface area (Å²) >= 11 is 0. The van der Waals surface area contributed by atoms with Crippen LogP contribution >= 0.6 is 7.82 Å². The smallest absolute Gasteiger partial charge is 0.306 e. The highest BCUT2D eigenvalue weighted by atomic mass is 31.2. The number of hydrogen-bond acceptors (Lipinski definition) is 7. The summed E-state index contributed by atoms with van der Waals surface area (Å²) in [6.45, 7) is 5.42. The first kappa shape index (κ1) is 60.7. The SMILES string of the molecule is CCCCCC/C=C\C/C=C\CCCCCCCCCC(=O)OC(COCCCCCCCCCCCC/C=C\CCCCCCCCCC)COP(=O)([O-])OCC[N+](C)(C)C. The van der Waals surface area contributed by atoms with Crippen LogP contribution in [-0.2, 0) is 27.9 Å². The van der Waals surface area contributed by atoms with E-state index in [-0.39, 0.29) is 25.8 Å². The molecule has 2 atom stereocenters. The lowest BCUT2D eigenvalue weighted by Gasteiger charge is -2.28. The lowest BCUT2D eigenvalue weighted by atomic mass is 10.1. The lowest BCUT2D eigenvalue weighted by Crippen LogP contribution is -2.37. The van der Waals surface area contributed by atoms with Crippen LogP contribution in [0.3, 0.4) is 0 Å². The number of esters is 1. The molecular formula is C53H102NO7P. The van der Waals surface area contributed by atoms with Gasteiger partial charge in [-0.15, -0.1) is 0 Å². The standard InChI is InChI=1S/C53H102NO7P/c1-6-8-10-12-14-16-18-20-22-24-26-27-28-29-31-33-35-37-39-41-43-45-48-58-50-52(51-60-62(56,57)59-49-47-54(3,4)5)61-53(55)46-44-42-40-38-36-34-32-30-25-23-21-19-17-15-13-11-9-7-2/h17,19,23-26,52H,6-16,18,20-22,27-51H2,1-5H3/b19-17-,25-23-,26-24-. The van der Waals surface area contributed by atoms with E-state index in [1.807, 2.05) is 21.1 Å². The summed E-state index contributed by atoms with van der Waals surface area (Å²) in [5.41, 5.74) is 0. The average Bonchev–Trinajstić information content (AvgIpc) is 3.23. The molecule has 0 aliphatic rings. The van der Waals surface area contributed by atoms with Crippen molar-refractivity contribution >= 4 is 13.8 Å². The van der Waals surface area contributed by atoms with Crippen LogP contribution < -0.4 is 4.89 Å². The van der Waals surface area contributed by atoms with Gasteiger partial charge < -0.3 is 27.9 Å². The predicted molar refractivity (Wildman–Crippen MR) is 263 cm³/mol. The topological polar surface area (TPSA) is 94.1 Å². The van der Waals surface area contributed by atoms with Crippen molar-refractivity contribution in [3.8, 4) is 0 Å². The summed E-state index contributed by atoms with van der Waals surface area (Å²) in [6.07, 6.45) is 55.9. The fraction of sp³-hybridized carbons (Fsp3) is 0.868. The number of carbonyl (C=O) groups excluding carboxylic acids is 1. The lowest BCUT2D eigenvalue weighted by molar-refractivity contribution is -0.870. The number of unbranched alkanes of at least 4 members (excludes halogenated alkanes) is 29. The van der Waals surface area contributed by atoms with Gasteiger partial charge in [-0.25, -0.2) is 0 Å². The molecule has 2 unspecified atom stereocenters. The van der Waals surface area contributed by atoms with Gasteiger partial charge in [-0.3, -0.25) is 9.36 Å². The molecule has 0 amide bonds. The van der Waals surface area contributed by atoms with Gasteiger partial charge in [0.1, 0.15) is 19.3 Å². The minimum absolute atomic E-state index is 0.0246. The van der Waals surface area contributed by atoms with Gasteiger partial charge in [-0.05, 0) is 70.6 Å². The molecule has 0 saturated heterocycles. The molecule has 8 nitrogen and oxygen atoms in total. The van der Waals surface area contributed by atoms with Gasteiger partial charge in [0, 0.05) is 13.0 Å². The zero-order chi connectivity index (χ0) is 45.5. The Hall–Kier alpha value is -1.28. The second-order valence-electron chi connectivity index (χ2n) is 18.9. The van der Waals surface area contributed by atoms with E-state index in [0.717, 1.165) is 44.9 Å². The number of ether oxygens (including phenoxy) is 2. The van der Waals surface area contributed by atoms with Gasteiger partial charge in [-0.1, -0.05) is 198 Å². The quantitative estimate of drug-likeness (QED) is 0.0197. The summed E-state index contributed by atoms with van der Waals surface area (Å²) in [7, 11) is 1.36. The molecule has 9 heteroatoms. The minimum Gasteiger partial charge on any atom is -0.756 e. The third-order valence-corrected chi connectivity index (χ3v) is 12.4. The first-order chi connectivity index (χ1) is 30.1. The van der Waals surface area contributed by atoms with Gasteiger partial charge in [0.15, 0.2) is 0 Å². The maximum Gasteiger partial charge on any atom is 0.306 e. The molecule has 0 radical (unpaired) electrons. The molecule has 0 spiro atoms. The first-order valence-electron chi connectivity index (χ1n) is 26.2. The molecule has 0 aliphatic carbocycles. The van der Waals surface area contributed by atoms with E-state index in [9.17, 15) is 14.3 Å². The molecular weight excluding hydrogens is 794 g/mol. The van der Waals surface area contributed by atoms with E-state index in [1.54, 1.807) is 0 Å². The highest BCUT2D eigenvalue weighted by molar-refractivity contribution is 7.45. The molecule has 0 aromatic rings. The summed E-state index contributed by atoms with van der Waals surface area (Å²) in [4.78, 5) is 25.2. The van der Waals surface area contributed by atoms with Crippen LogP contribution in [-0.4, -0.2) is 70.7 Å². The van der Waals surface area contributed by atoms with Crippen LogP contribution in [0.1, 0.15) is 239 Å². The zero-order valence-electron chi connectivity index (χ0n) is 41.6. The van der Waals surface area contributed by atoms with Crippen molar-refractivity contribution in [3.63, 3.8) is 0 Å². The van der Waals surface area contributed by atoms with E-state index in [4.69, 9.17) is 18.5 Å². The number of hydrogen-bond donors (Lipinski definition) is 0. The number of carbonyl (C=O) groups is 1. The molecule has 0 aromatic carbocycles. The molecule has 0 heterocycles. The van der Waals surface area contributed by atoms with Crippen LogP contribution in [0.25, 0.3) is 0 Å². The van der Waals surface area contributed by atoms with Crippen molar-refractivity contribution in [1.82, 2.24) is 0 Å². The number of likely N-dealkylation sites (N-methyl/N-ethyl adjacent to an activating group) is 1. The fourth-order valence-corrected chi connectivity index (χ4v) is 8.07. The van der Waals surface area contributed by atoms with Gasteiger partial charge in [0.05, 0.1) is 34.4 Å². The Morgan fingerprint density at radius 2 is 0.887 bits per heavy atom. The van der Waals surface area contributed by atoms with E-state index in [1.165, 1.54) is 173 Å². The Kier molecular flexibility index (Phi) is 45.3. The van der Waals surface area contributed by atoms with Crippen molar-refractivity contribution < 1.29 is 37.3 Å². The molecule has 0 bridgehead atoms. The van der Waals surface area contributed by atoms with Crippen molar-refractivity contribution in [3.05, 3.63) is 36.5 Å². The number of quaternary nitrogens is 1. The van der Waals surface area contributed by atoms with Crippen molar-refractivity contribution in [2.24, 2.45) is 0 Å². The highest BCUT2D eigenvalue weighted by Crippen LogP contribution is 2.38. The van der Waals surface area contributed by atoms with Gasteiger partial charge in [0.2, 0.25) is 0 Å². The summed E-state index contributed by atoms with van der Waals surface area (Å²) < 4.78 is 34.8. The summed E-state index contributed by atoms with van der Waals surface area (Å²) in [6, 6.07) is 0. The molecule has 0 N–H and O–H groups in total.